The third kappa shape index (κ3) is 17.7. The van der Waals surface area contributed by atoms with E-state index in [4.69, 9.17) is 53.1 Å². The number of carbonyl (C=O) groups is 2. The highest BCUT2D eigenvalue weighted by molar-refractivity contribution is 5.82. The van der Waals surface area contributed by atoms with Crippen LogP contribution in [0.15, 0.2) is 159 Å². The van der Waals surface area contributed by atoms with E-state index in [0.29, 0.717) is 58.8 Å². The van der Waals surface area contributed by atoms with Gasteiger partial charge in [0.25, 0.3) is 5.91 Å². The third-order valence-corrected chi connectivity index (χ3v) is 16.7. The number of hydrogen-bond acceptors (Lipinski definition) is 23. The van der Waals surface area contributed by atoms with E-state index >= 15 is 0 Å². The molecule has 12 heterocycles. The van der Waals surface area contributed by atoms with E-state index in [1.807, 2.05) is 162 Å². The summed E-state index contributed by atoms with van der Waals surface area (Å²) in [5.74, 6) is -4.77. The molecular formula is C70H84N14O13. The zero-order valence-corrected chi connectivity index (χ0v) is 55.6. The number of carboxylic acids is 1. The van der Waals surface area contributed by atoms with Gasteiger partial charge in [0.1, 0.15) is 36.6 Å². The summed E-state index contributed by atoms with van der Waals surface area (Å²) in [6.45, 7) is 19.3. The summed E-state index contributed by atoms with van der Waals surface area (Å²) >= 11 is 0. The van der Waals surface area contributed by atoms with Crippen LogP contribution in [0.3, 0.4) is 0 Å². The topological polar surface area (TPSA) is 304 Å². The van der Waals surface area contributed by atoms with Crippen molar-refractivity contribution in [1.29, 1.82) is 0 Å². The van der Waals surface area contributed by atoms with E-state index in [2.05, 4.69) is 67.8 Å². The quantitative estimate of drug-likeness (QED) is 0.0687. The van der Waals surface area contributed by atoms with Gasteiger partial charge in [-0.05, 0) is 159 Å². The maximum Gasteiger partial charge on any atom is 0.335 e. The van der Waals surface area contributed by atoms with Crippen LogP contribution in [0.4, 0.5) is 0 Å². The molecule has 0 unspecified atom stereocenters. The summed E-state index contributed by atoms with van der Waals surface area (Å²) in [4.78, 5) is 47.1. The van der Waals surface area contributed by atoms with Gasteiger partial charge in [-0.2, -0.15) is 0 Å². The Morgan fingerprint density at radius 3 is 1.19 bits per heavy atom. The van der Waals surface area contributed by atoms with Gasteiger partial charge in [-0.15, -0.1) is 10.2 Å². The Balaban J connectivity index is 0.000000155. The number of nitrogens with zero attached hydrogens (tertiary/aromatic N) is 12. The van der Waals surface area contributed by atoms with Crippen molar-refractivity contribution in [1.82, 2.24) is 65.0 Å². The molecule has 10 atom stereocenters. The van der Waals surface area contributed by atoms with Crippen molar-refractivity contribution in [3.63, 3.8) is 0 Å². The first-order chi connectivity index (χ1) is 46.6. The predicted molar refractivity (Wildman–Crippen MR) is 348 cm³/mol. The van der Waals surface area contributed by atoms with Gasteiger partial charge in [-0.25, -0.2) is 14.2 Å². The number of nitrogens with one attached hydrogen (secondary N) is 1. The minimum Gasteiger partial charge on any atom is -0.479 e. The standard InChI is InChI=1S/C35H41N7O6.C23H25N7.C12H18O7/c1-34(2)45-28-29(46-34)31-33(48-35(3,4)47-31)44-30(28)32(43)38-18-15-23-11-13-27(14-12-23)42-22-26(39-40-42)21-41(19-24-9-5-7-16-36-24)20-25-10-6-8-17-37-25;24-12-11-19-7-9-23(10-8-19)30-18-22(27-28-30)17-29(15-20-5-1-3-13-25-20)16-21-6-2-4-14-26-21;1-11(2)16-5-6(17-11)8-10(15-7(5)9(13)14)19-12(3,4)18-8/h5-14,16-17,22,28-31,33H,15,18-21H2,1-4H3,(H,38,43);1-10,13-14,18H,11-12,15-17,24H2;5-8,10H,1-4H3,(H,13,14)/t28-,29+,30+,31-,33-;;5-,6+,7+,8-,10-/m1.1/s1. The molecule has 0 radical (unpaired) electrons. The average molecular weight is 1330 g/mol. The van der Waals surface area contributed by atoms with E-state index in [9.17, 15) is 14.7 Å². The molecule has 4 N–H and O–H groups in total. The lowest BCUT2D eigenvalue weighted by molar-refractivity contribution is -0.237. The van der Waals surface area contributed by atoms with Crippen molar-refractivity contribution in [3.05, 3.63) is 204 Å². The molecule has 6 fully saturated rings. The minimum atomic E-state index is -1.12. The van der Waals surface area contributed by atoms with Gasteiger partial charge in [-0.3, -0.25) is 34.5 Å². The number of aromatic nitrogens is 10. The molecule has 512 valence electrons. The van der Waals surface area contributed by atoms with Gasteiger partial charge in [0, 0.05) is 70.6 Å². The number of aliphatic carboxylic acids is 1. The van der Waals surface area contributed by atoms with Crippen LogP contribution in [-0.2, 0) is 109 Å². The molecule has 97 heavy (non-hydrogen) atoms. The molecule has 14 rings (SSSR count). The highest BCUT2D eigenvalue weighted by Crippen LogP contribution is 2.46. The lowest BCUT2D eigenvalue weighted by Crippen LogP contribution is -2.59. The van der Waals surface area contributed by atoms with Crippen molar-refractivity contribution < 1.29 is 62.1 Å². The zero-order valence-electron chi connectivity index (χ0n) is 55.6. The largest absolute Gasteiger partial charge is 0.479 e. The number of hydrogen-bond donors (Lipinski definition) is 3. The number of amides is 1. The molecule has 0 aliphatic carbocycles. The van der Waals surface area contributed by atoms with Crippen LogP contribution in [0, 0.1) is 0 Å². The number of carbonyl (C=O) groups excluding carboxylic acids is 1. The summed E-state index contributed by atoms with van der Waals surface area (Å²) in [6.07, 6.45) is 5.91. The van der Waals surface area contributed by atoms with Crippen LogP contribution in [0.25, 0.3) is 11.4 Å². The highest BCUT2D eigenvalue weighted by Gasteiger charge is 2.64. The Morgan fingerprint density at radius 1 is 0.454 bits per heavy atom. The number of carboxylic acid groups (broad SMARTS) is 1. The van der Waals surface area contributed by atoms with Crippen LogP contribution in [0.2, 0.25) is 0 Å². The summed E-state index contributed by atoms with van der Waals surface area (Å²) in [6, 6.07) is 40.1. The van der Waals surface area contributed by atoms with Crippen LogP contribution >= 0.6 is 0 Å². The van der Waals surface area contributed by atoms with Crippen molar-refractivity contribution in [2.24, 2.45) is 5.73 Å². The summed E-state index contributed by atoms with van der Waals surface area (Å²) in [5.41, 5.74) is 15.5. The van der Waals surface area contributed by atoms with Crippen LogP contribution in [0.5, 0.6) is 0 Å². The second kappa shape index (κ2) is 29.8. The Kier molecular flexibility index (Phi) is 21.1. The normalized spacial score (nSPS) is 25.2. The van der Waals surface area contributed by atoms with E-state index < -0.39 is 90.5 Å². The minimum absolute atomic E-state index is 0.273. The number of nitrogens with two attached hydrogens (primary N) is 1. The Labute approximate surface area is 562 Å². The van der Waals surface area contributed by atoms with E-state index in [0.717, 1.165) is 57.5 Å². The molecule has 6 aliphatic heterocycles. The van der Waals surface area contributed by atoms with Gasteiger partial charge >= 0.3 is 5.97 Å². The molecule has 2 aromatic carbocycles. The molecule has 1 amide bonds. The van der Waals surface area contributed by atoms with Gasteiger partial charge in [0.05, 0.1) is 57.9 Å². The van der Waals surface area contributed by atoms with Gasteiger partial charge < -0.3 is 63.5 Å². The fraction of sp³-hybridized carbons (Fsp3) is 0.457. The summed E-state index contributed by atoms with van der Waals surface area (Å²) in [7, 11) is 0. The number of fused-ring (bicyclic) bond motifs is 6. The van der Waals surface area contributed by atoms with Crippen molar-refractivity contribution in [2.75, 3.05) is 13.1 Å². The molecule has 0 saturated carbocycles. The van der Waals surface area contributed by atoms with Crippen LogP contribution < -0.4 is 11.1 Å². The first kappa shape index (κ1) is 68.7. The lowest BCUT2D eigenvalue weighted by Gasteiger charge is -2.36. The molecule has 6 aliphatic rings. The smallest absolute Gasteiger partial charge is 0.335 e. The maximum atomic E-state index is 13.3. The maximum absolute atomic E-state index is 13.3. The average Bonchev–Trinajstić information content (AvgIpc) is 1.60. The number of pyridine rings is 4. The first-order valence-corrected chi connectivity index (χ1v) is 32.6. The van der Waals surface area contributed by atoms with Crippen molar-refractivity contribution in [3.8, 4) is 11.4 Å². The van der Waals surface area contributed by atoms with E-state index in [-0.39, 0.29) is 5.91 Å². The van der Waals surface area contributed by atoms with Crippen molar-refractivity contribution >= 4 is 11.9 Å². The van der Waals surface area contributed by atoms with Gasteiger partial charge in [0.2, 0.25) is 0 Å². The lowest BCUT2D eigenvalue weighted by atomic mass is 9.98. The second-order valence-corrected chi connectivity index (χ2v) is 26.3. The number of rotatable bonds is 21. The SMILES string of the molecule is CC1(C)O[C@H]2[C@@H](O1)[C@@H](C(=O)NCCc1ccc(-n3cc(CN(Cc4ccccn4)Cc4ccccn4)nn3)cc1)O[C@@H]1OC(C)(C)O[C@@H]12.CC1(C)O[C@H]2[C@@H](O1)[C@@H](C(=O)O)O[C@@H]1OC(C)(C)O[C@@H]12.NCCc1ccc(-n2cc(CN(Cc3ccccn3)Cc3ccccn3)nn2)cc1. The molecule has 0 spiro atoms. The molecule has 6 aromatic heterocycles. The molecule has 6 saturated heterocycles. The second-order valence-electron chi connectivity index (χ2n) is 26.3. The summed E-state index contributed by atoms with van der Waals surface area (Å²) < 4.78 is 62.0. The van der Waals surface area contributed by atoms with Crippen LogP contribution in [0.1, 0.15) is 101 Å². The highest BCUT2D eigenvalue weighted by atomic mass is 16.9. The van der Waals surface area contributed by atoms with Crippen molar-refractivity contribution in [2.45, 2.75) is 192 Å². The Bertz CT molecular complexity index is 3770. The van der Waals surface area contributed by atoms with Gasteiger partial charge in [0.15, 0.2) is 47.9 Å². The van der Waals surface area contributed by atoms with E-state index in [1.165, 1.54) is 5.56 Å². The predicted octanol–water partition coefficient (Wildman–Crippen LogP) is 6.54. The van der Waals surface area contributed by atoms with Gasteiger partial charge in [-0.1, -0.05) is 59.0 Å². The fourth-order valence-electron chi connectivity index (χ4n) is 12.5. The van der Waals surface area contributed by atoms with E-state index in [1.54, 1.807) is 49.5 Å². The first-order valence-electron chi connectivity index (χ1n) is 32.6. The van der Waals surface area contributed by atoms with Crippen LogP contribution in [-0.4, -0.2) is 174 Å². The molecular weight excluding hydrogens is 1240 g/mol. The Hall–Kier alpha value is -8.26. The Morgan fingerprint density at radius 2 is 0.804 bits per heavy atom. The zero-order chi connectivity index (χ0) is 67.9. The molecule has 27 heteroatoms. The molecule has 27 nitrogen and oxygen atoms in total. The fourth-order valence-corrected chi connectivity index (χ4v) is 12.5. The number of ether oxygens (including phenoxy) is 10. The molecule has 8 aromatic rings. The summed E-state index contributed by atoms with van der Waals surface area (Å²) in [5, 5.41) is 29.8. The number of benzene rings is 2. The monoisotopic (exact) mass is 1330 g/mol. The third-order valence-electron chi connectivity index (χ3n) is 16.7. The molecule has 0 bridgehead atoms.